The summed E-state index contributed by atoms with van der Waals surface area (Å²) >= 11 is 0. The van der Waals surface area contributed by atoms with Crippen molar-refractivity contribution < 1.29 is 5.21 Å². The number of benzene rings is 2. The van der Waals surface area contributed by atoms with Crippen molar-refractivity contribution in [3.8, 4) is 0 Å². The third kappa shape index (κ3) is 1.22. The molecule has 0 aliphatic heterocycles. The van der Waals surface area contributed by atoms with Gasteiger partial charge in [0, 0.05) is 7.05 Å². The van der Waals surface area contributed by atoms with Crippen LogP contribution in [-0.4, -0.2) is 19.9 Å². The lowest BCUT2D eigenvalue weighted by atomic mass is 10.1. The van der Waals surface area contributed by atoms with Gasteiger partial charge in [0.15, 0.2) is 10.9 Å². The van der Waals surface area contributed by atoms with Crippen LogP contribution in [0.4, 0.5) is 0 Å². The molecule has 0 bridgehead atoms. The Balaban J connectivity index is 2.92. The van der Waals surface area contributed by atoms with E-state index in [4.69, 9.17) is 0 Å². The van der Waals surface area contributed by atoms with Gasteiger partial charge in [0.1, 0.15) is 11.0 Å². The van der Waals surface area contributed by atoms with Gasteiger partial charge in [-0.05, 0) is 12.1 Å². The Morgan fingerprint density at radius 2 is 1.53 bits per heavy atom. The molecule has 8 heteroatoms. The maximum atomic E-state index is 12.2. The molecule has 3 rings (SSSR count). The topological polar surface area (TPSA) is 114 Å². The number of aryl methyl sites for hydroxylation is 1. The molecule has 0 unspecified atom stereocenters. The van der Waals surface area contributed by atoms with Crippen molar-refractivity contribution in [2.75, 3.05) is 0 Å². The molecule has 1 heterocycles. The SMILES string of the molecule is Cn1c2c(=O)c3c(=O)ccc(=O)c3c(=O)c2[nH]n1O. The summed E-state index contributed by atoms with van der Waals surface area (Å²) in [5.74, 6) is 0. The van der Waals surface area contributed by atoms with Crippen LogP contribution in [0.15, 0.2) is 31.3 Å². The van der Waals surface area contributed by atoms with Crippen LogP contribution < -0.4 is 21.7 Å². The first-order valence-corrected chi connectivity index (χ1v) is 5.27. The van der Waals surface area contributed by atoms with Crippen molar-refractivity contribution in [3.05, 3.63) is 53.0 Å². The highest BCUT2D eigenvalue weighted by Gasteiger charge is 2.19. The number of nitrogens with zero attached hydrogens (tertiary/aromatic N) is 2. The van der Waals surface area contributed by atoms with Crippen molar-refractivity contribution in [2.45, 2.75) is 0 Å². The van der Waals surface area contributed by atoms with E-state index >= 15 is 0 Å². The zero-order valence-corrected chi connectivity index (χ0v) is 9.63. The summed E-state index contributed by atoms with van der Waals surface area (Å²) in [6, 6.07) is 1.91. The normalized spacial score (nSPS) is 11.4. The van der Waals surface area contributed by atoms with Crippen molar-refractivity contribution in [2.24, 2.45) is 7.05 Å². The summed E-state index contributed by atoms with van der Waals surface area (Å²) in [6.45, 7) is 0. The summed E-state index contributed by atoms with van der Waals surface area (Å²) in [5.41, 5.74) is -3.31. The number of H-pyrrole nitrogens is 1. The minimum absolute atomic E-state index is 0.164. The van der Waals surface area contributed by atoms with Crippen molar-refractivity contribution in [1.29, 1.82) is 0 Å². The van der Waals surface area contributed by atoms with Gasteiger partial charge in [-0.15, -0.1) is 0 Å². The smallest absolute Gasteiger partial charge is 0.218 e. The Bertz CT molecular complexity index is 1060. The maximum Gasteiger partial charge on any atom is 0.218 e. The third-order valence-electron chi connectivity index (χ3n) is 3.08. The fourth-order valence-corrected chi connectivity index (χ4v) is 2.16. The minimum atomic E-state index is -0.782. The van der Waals surface area contributed by atoms with Gasteiger partial charge in [-0.3, -0.25) is 19.2 Å². The first-order valence-electron chi connectivity index (χ1n) is 5.27. The second-order valence-electron chi connectivity index (χ2n) is 4.12. The third-order valence-corrected chi connectivity index (χ3v) is 3.08. The first kappa shape index (κ1) is 11.2. The molecule has 96 valence electrons. The average molecular weight is 261 g/mol. The number of rotatable bonds is 0. The van der Waals surface area contributed by atoms with Crippen LogP contribution in [0.1, 0.15) is 0 Å². The van der Waals surface area contributed by atoms with Crippen LogP contribution in [0.3, 0.4) is 0 Å². The second kappa shape index (κ2) is 3.31. The molecule has 2 aromatic carbocycles. The second-order valence-corrected chi connectivity index (χ2v) is 4.12. The van der Waals surface area contributed by atoms with Gasteiger partial charge < -0.3 is 5.21 Å². The van der Waals surface area contributed by atoms with Gasteiger partial charge in [0.2, 0.25) is 10.9 Å². The molecular weight excluding hydrogens is 254 g/mol. The molecule has 2 N–H and O–H groups in total. The van der Waals surface area contributed by atoms with E-state index < -0.39 is 32.5 Å². The van der Waals surface area contributed by atoms with E-state index in [2.05, 4.69) is 5.10 Å². The number of fused-ring (bicyclic) bond motifs is 2. The number of hydrogen-bond acceptors (Lipinski definition) is 5. The summed E-state index contributed by atoms with van der Waals surface area (Å²) in [6.07, 6.45) is 0. The zero-order valence-electron chi connectivity index (χ0n) is 9.63. The Labute approximate surface area is 103 Å². The number of hydrogen-bond donors (Lipinski definition) is 2. The fraction of sp³-hybridized carbons (Fsp3) is 0.0909. The molecule has 0 aliphatic carbocycles. The van der Waals surface area contributed by atoms with Crippen LogP contribution in [0.25, 0.3) is 21.8 Å². The molecule has 0 aliphatic rings. The van der Waals surface area contributed by atoms with E-state index in [1.165, 1.54) is 7.05 Å². The lowest BCUT2D eigenvalue weighted by Crippen LogP contribution is -2.26. The summed E-state index contributed by atoms with van der Waals surface area (Å²) in [5, 5.41) is 10.8. The maximum absolute atomic E-state index is 12.2. The van der Waals surface area contributed by atoms with Crippen LogP contribution >= 0.6 is 0 Å². The van der Waals surface area contributed by atoms with E-state index in [1.807, 2.05) is 0 Å². The monoisotopic (exact) mass is 261 g/mol. The quantitative estimate of drug-likeness (QED) is 0.482. The lowest BCUT2D eigenvalue weighted by molar-refractivity contribution is 0.0845. The van der Waals surface area contributed by atoms with Crippen molar-refractivity contribution in [3.63, 3.8) is 0 Å². The van der Waals surface area contributed by atoms with Gasteiger partial charge in [0.25, 0.3) is 0 Å². The van der Waals surface area contributed by atoms with Crippen molar-refractivity contribution >= 4 is 21.8 Å². The van der Waals surface area contributed by atoms with Gasteiger partial charge >= 0.3 is 0 Å². The van der Waals surface area contributed by atoms with E-state index in [1.54, 1.807) is 0 Å². The Morgan fingerprint density at radius 3 is 2.11 bits per heavy atom. The molecular formula is C11H7N3O5. The van der Waals surface area contributed by atoms with E-state index in [0.717, 1.165) is 16.8 Å². The van der Waals surface area contributed by atoms with E-state index in [9.17, 15) is 24.4 Å². The predicted molar refractivity (Wildman–Crippen MR) is 66.2 cm³/mol. The molecule has 0 fully saturated rings. The molecule has 3 aromatic rings. The number of nitrogens with one attached hydrogen (secondary N) is 1. The Hall–Kier alpha value is -2.90. The number of aromatic nitrogens is 3. The molecule has 1 aromatic heterocycles. The predicted octanol–water partition coefficient (Wildman–Crippen LogP) is -1.42. The summed E-state index contributed by atoms with van der Waals surface area (Å²) in [4.78, 5) is 48.1. The molecule has 19 heavy (non-hydrogen) atoms. The molecule has 0 spiro atoms. The highest BCUT2D eigenvalue weighted by molar-refractivity contribution is 5.94. The number of aromatic amines is 1. The molecule has 8 nitrogen and oxygen atoms in total. The molecule has 0 atom stereocenters. The largest absolute Gasteiger partial charge is 0.399 e. The Morgan fingerprint density at radius 1 is 1.00 bits per heavy atom. The minimum Gasteiger partial charge on any atom is -0.399 e. The summed E-state index contributed by atoms with van der Waals surface area (Å²) in [7, 11) is 1.33. The van der Waals surface area contributed by atoms with E-state index in [-0.39, 0.29) is 11.0 Å². The van der Waals surface area contributed by atoms with E-state index in [0.29, 0.717) is 4.96 Å². The van der Waals surface area contributed by atoms with Gasteiger partial charge in [-0.25, -0.2) is 9.78 Å². The van der Waals surface area contributed by atoms with Crippen LogP contribution in [0.2, 0.25) is 0 Å². The standard InChI is InChI=1S/C11H7N3O5/c1-13-9-8(12-14(13)19)10(17)6-4(15)2-3-5(16)7(6)11(9)18/h2-3,12,19H,1H3. The van der Waals surface area contributed by atoms with Gasteiger partial charge in [0.05, 0.1) is 10.8 Å². The highest BCUT2D eigenvalue weighted by Crippen LogP contribution is 2.05. The summed E-state index contributed by atoms with van der Waals surface area (Å²) < 4.78 is 0.982. The van der Waals surface area contributed by atoms with Gasteiger partial charge in [-0.2, -0.15) is 0 Å². The molecule has 0 saturated heterocycles. The fourth-order valence-electron chi connectivity index (χ4n) is 2.16. The van der Waals surface area contributed by atoms with Crippen LogP contribution in [0.5, 0.6) is 0 Å². The van der Waals surface area contributed by atoms with Crippen LogP contribution in [0, 0.1) is 0 Å². The molecule has 0 radical (unpaired) electrons. The average Bonchev–Trinajstić information content (AvgIpc) is 2.66. The van der Waals surface area contributed by atoms with Crippen molar-refractivity contribution in [1.82, 2.24) is 14.7 Å². The Kier molecular flexibility index (Phi) is 1.95. The van der Waals surface area contributed by atoms with Crippen LogP contribution in [-0.2, 0) is 7.05 Å². The molecule has 0 amide bonds. The first-order chi connectivity index (χ1) is 8.93. The lowest BCUT2D eigenvalue weighted by Gasteiger charge is -1.97. The molecule has 0 saturated carbocycles. The van der Waals surface area contributed by atoms with Gasteiger partial charge in [-0.1, -0.05) is 4.96 Å². The highest BCUT2D eigenvalue weighted by atomic mass is 16.5. The zero-order chi connectivity index (χ0) is 13.9.